The SMILES string of the molecule is CN1CCCCCCCCN2CCCCc3cc(Cl)ccc3COc3ccc(cc32)[C@](O)(COCC(=O)O)CC1=O. The molecule has 2 bridgehead atoms. The first kappa shape index (κ1) is 31.1. The zero-order valence-corrected chi connectivity index (χ0v) is 24.8. The van der Waals surface area contributed by atoms with Crippen molar-refractivity contribution in [3.8, 4) is 5.75 Å². The molecule has 0 aromatic heterocycles. The van der Waals surface area contributed by atoms with Gasteiger partial charge >= 0.3 is 5.97 Å². The van der Waals surface area contributed by atoms with Crippen LogP contribution in [0.2, 0.25) is 5.02 Å². The van der Waals surface area contributed by atoms with Gasteiger partial charge in [-0.25, -0.2) is 4.79 Å². The molecule has 1 amide bonds. The summed E-state index contributed by atoms with van der Waals surface area (Å²) in [6, 6.07) is 11.5. The molecule has 0 fully saturated rings. The van der Waals surface area contributed by atoms with E-state index in [1.165, 1.54) is 5.56 Å². The van der Waals surface area contributed by atoms with Crippen LogP contribution in [0, 0.1) is 0 Å². The fourth-order valence-corrected chi connectivity index (χ4v) is 5.88. The second kappa shape index (κ2) is 14.9. The van der Waals surface area contributed by atoms with Crippen molar-refractivity contribution in [2.24, 2.45) is 0 Å². The maximum absolute atomic E-state index is 13.2. The van der Waals surface area contributed by atoms with Crippen LogP contribution in [0.3, 0.4) is 0 Å². The van der Waals surface area contributed by atoms with Gasteiger partial charge in [0.2, 0.25) is 5.91 Å². The molecule has 0 radical (unpaired) electrons. The van der Waals surface area contributed by atoms with E-state index in [4.69, 9.17) is 26.2 Å². The van der Waals surface area contributed by atoms with E-state index in [0.717, 1.165) is 87.2 Å². The third kappa shape index (κ3) is 8.84. The van der Waals surface area contributed by atoms with Crippen molar-refractivity contribution in [3.05, 3.63) is 58.1 Å². The number of aryl methyl sites for hydroxylation is 1. The van der Waals surface area contributed by atoms with Gasteiger partial charge in [-0.2, -0.15) is 0 Å². The van der Waals surface area contributed by atoms with Crippen molar-refractivity contribution in [2.45, 2.75) is 76.4 Å². The van der Waals surface area contributed by atoms with Gasteiger partial charge in [0.25, 0.3) is 0 Å². The van der Waals surface area contributed by atoms with Crippen LogP contribution in [0.4, 0.5) is 5.69 Å². The Morgan fingerprint density at radius 3 is 2.44 bits per heavy atom. The van der Waals surface area contributed by atoms with Gasteiger partial charge in [-0.1, -0.05) is 49.4 Å². The predicted octanol–water partition coefficient (Wildman–Crippen LogP) is 5.55. The zero-order valence-electron chi connectivity index (χ0n) is 24.1. The summed E-state index contributed by atoms with van der Waals surface area (Å²) in [5, 5.41) is 21.8. The molecule has 2 aromatic rings. The van der Waals surface area contributed by atoms with Crippen molar-refractivity contribution in [2.75, 3.05) is 44.8 Å². The number of amides is 1. The molecule has 41 heavy (non-hydrogen) atoms. The Hall–Kier alpha value is -2.81. The Labute approximate surface area is 248 Å². The minimum Gasteiger partial charge on any atom is -0.487 e. The lowest BCUT2D eigenvalue weighted by Gasteiger charge is -2.33. The van der Waals surface area contributed by atoms with Gasteiger partial charge in [0, 0.05) is 31.7 Å². The first-order valence-corrected chi connectivity index (χ1v) is 15.2. The van der Waals surface area contributed by atoms with Crippen LogP contribution in [0.25, 0.3) is 0 Å². The van der Waals surface area contributed by atoms with Gasteiger partial charge in [0.15, 0.2) is 0 Å². The van der Waals surface area contributed by atoms with E-state index >= 15 is 0 Å². The summed E-state index contributed by atoms with van der Waals surface area (Å²) in [5.74, 6) is -0.638. The minimum absolute atomic E-state index is 0.210. The monoisotopic (exact) mass is 586 g/mol. The average Bonchev–Trinajstić information content (AvgIpc) is 2.96. The van der Waals surface area contributed by atoms with Gasteiger partial charge in [0.05, 0.1) is 18.7 Å². The number of carboxylic acids is 1. The highest BCUT2D eigenvalue weighted by atomic mass is 35.5. The highest BCUT2D eigenvalue weighted by Crippen LogP contribution is 2.37. The topological polar surface area (TPSA) is 99.5 Å². The number of hydrogen-bond acceptors (Lipinski definition) is 6. The summed E-state index contributed by atoms with van der Waals surface area (Å²) in [7, 11) is 1.75. The van der Waals surface area contributed by atoms with Gasteiger partial charge in [-0.05, 0) is 73.1 Å². The molecule has 8 nitrogen and oxygen atoms in total. The van der Waals surface area contributed by atoms with Crippen molar-refractivity contribution in [1.29, 1.82) is 0 Å². The van der Waals surface area contributed by atoms with Gasteiger partial charge in [-0.3, -0.25) is 4.79 Å². The van der Waals surface area contributed by atoms with Crippen LogP contribution in [-0.2, 0) is 33.0 Å². The third-order valence-corrected chi connectivity index (χ3v) is 8.36. The quantitative estimate of drug-likeness (QED) is 0.484. The van der Waals surface area contributed by atoms with Crippen molar-refractivity contribution in [3.63, 3.8) is 0 Å². The van der Waals surface area contributed by atoms with E-state index in [0.29, 0.717) is 24.5 Å². The Balaban J connectivity index is 1.73. The Morgan fingerprint density at radius 1 is 0.976 bits per heavy atom. The van der Waals surface area contributed by atoms with Crippen LogP contribution in [0.1, 0.15) is 74.5 Å². The van der Waals surface area contributed by atoms with Crippen molar-refractivity contribution < 1.29 is 29.3 Å². The number of aliphatic hydroxyl groups is 1. The first-order chi connectivity index (χ1) is 19.7. The number of benzene rings is 2. The molecule has 0 saturated carbocycles. The molecule has 0 spiro atoms. The van der Waals surface area contributed by atoms with Gasteiger partial charge in [-0.15, -0.1) is 0 Å². The van der Waals surface area contributed by atoms with Gasteiger partial charge in [0.1, 0.15) is 24.6 Å². The molecule has 2 heterocycles. The second-order valence-corrected chi connectivity index (χ2v) is 11.8. The fourth-order valence-electron chi connectivity index (χ4n) is 5.68. The first-order valence-electron chi connectivity index (χ1n) is 14.8. The lowest BCUT2D eigenvalue weighted by atomic mass is 9.89. The summed E-state index contributed by atoms with van der Waals surface area (Å²) in [4.78, 5) is 28.4. The molecule has 224 valence electrons. The molecule has 4 rings (SSSR count). The Morgan fingerprint density at radius 2 is 1.68 bits per heavy atom. The molecule has 2 aliphatic heterocycles. The summed E-state index contributed by atoms with van der Waals surface area (Å²) < 4.78 is 11.8. The number of ether oxygens (including phenoxy) is 2. The predicted molar refractivity (Wildman–Crippen MR) is 160 cm³/mol. The average molecular weight is 587 g/mol. The number of halogens is 1. The number of hydrogen-bond donors (Lipinski definition) is 2. The van der Waals surface area contributed by atoms with Crippen LogP contribution in [0.5, 0.6) is 5.75 Å². The standard InChI is InChI=1S/C32H43ClN2O6/c1-34-15-7-4-2-3-5-8-16-35-17-9-6-10-24-18-27(33)13-11-25(24)21-41-29-14-12-26(19-28(29)35)32(39,20-30(34)36)23-40-22-31(37)38/h11-14,18-19,39H,2-10,15-17,20-23H2,1H3,(H,37,38)/t32-/m1/s1. The molecule has 2 aliphatic rings. The number of nitrogens with zero attached hydrogens (tertiary/aromatic N) is 2. The molecule has 9 heteroatoms. The number of anilines is 1. The molecule has 2 aromatic carbocycles. The Kier molecular flexibility index (Phi) is 11.3. The smallest absolute Gasteiger partial charge is 0.329 e. The molecular formula is C32H43ClN2O6. The van der Waals surface area contributed by atoms with E-state index in [1.807, 2.05) is 30.3 Å². The molecule has 1 atom stereocenters. The molecule has 0 aliphatic carbocycles. The highest BCUT2D eigenvalue weighted by Gasteiger charge is 2.35. The maximum atomic E-state index is 13.2. The fraction of sp³-hybridized carbons (Fsp3) is 0.562. The summed E-state index contributed by atoms with van der Waals surface area (Å²) >= 11 is 6.30. The second-order valence-electron chi connectivity index (χ2n) is 11.4. The molecule has 2 N–H and O–H groups in total. The zero-order chi connectivity index (χ0) is 29.2. The van der Waals surface area contributed by atoms with E-state index < -0.39 is 18.2 Å². The van der Waals surface area contributed by atoms with Crippen molar-refractivity contribution in [1.82, 2.24) is 4.90 Å². The number of carbonyl (C=O) groups is 2. The Bertz CT molecular complexity index is 1190. The number of carbonyl (C=O) groups excluding carboxylic acids is 1. The molecular weight excluding hydrogens is 544 g/mol. The van der Waals surface area contributed by atoms with Crippen LogP contribution in [0.15, 0.2) is 36.4 Å². The third-order valence-electron chi connectivity index (χ3n) is 8.12. The summed E-state index contributed by atoms with van der Waals surface area (Å²) in [6.07, 6.45) is 9.10. The number of fused-ring (bicyclic) bond motifs is 2. The lowest BCUT2D eigenvalue weighted by Crippen LogP contribution is -2.40. The number of carboxylic acid groups (broad SMARTS) is 1. The number of aliphatic carboxylic acids is 1. The lowest BCUT2D eigenvalue weighted by molar-refractivity contribution is -0.148. The minimum atomic E-state index is -1.70. The van der Waals surface area contributed by atoms with Crippen LogP contribution in [-0.4, -0.2) is 66.9 Å². The van der Waals surface area contributed by atoms with Crippen LogP contribution >= 0.6 is 11.6 Å². The highest BCUT2D eigenvalue weighted by molar-refractivity contribution is 6.30. The van der Waals surface area contributed by atoms with Crippen LogP contribution < -0.4 is 9.64 Å². The largest absolute Gasteiger partial charge is 0.487 e. The van der Waals surface area contributed by atoms with E-state index in [-0.39, 0.29) is 18.9 Å². The van der Waals surface area contributed by atoms with Crippen molar-refractivity contribution >= 4 is 29.2 Å². The van der Waals surface area contributed by atoms with E-state index in [2.05, 4.69) is 4.90 Å². The normalized spacial score (nSPS) is 21.4. The van der Waals surface area contributed by atoms with Gasteiger partial charge < -0.3 is 29.5 Å². The van der Waals surface area contributed by atoms with E-state index in [1.54, 1.807) is 18.0 Å². The molecule has 0 unspecified atom stereocenters. The summed E-state index contributed by atoms with van der Waals surface area (Å²) in [6.45, 7) is 1.81. The molecule has 0 saturated heterocycles. The number of rotatable bonds is 4. The van der Waals surface area contributed by atoms with E-state index in [9.17, 15) is 14.7 Å². The summed E-state index contributed by atoms with van der Waals surface area (Å²) in [5.41, 5.74) is 1.96. The maximum Gasteiger partial charge on any atom is 0.329 e.